The number of aliphatic hydroxyl groups is 1. The molecule has 0 saturated carbocycles. The van der Waals surface area contributed by atoms with Crippen molar-refractivity contribution in [2.75, 3.05) is 0 Å². The van der Waals surface area contributed by atoms with Gasteiger partial charge in [0.15, 0.2) is 11.9 Å². The molecule has 0 atom stereocenters. The number of carbonyl (C=O) groups is 1. The molecule has 1 N–H and O–H groups in total. The summed E-state index contributed by atoms with van der Waals surface area (Å²) in [6, 6.07) is 3.85. The molecular weight excluding hydrogens is 370 g/mol. The van der Waals surface area contributed by atoms with Crippen LogP contribution in [0.3, 0.4) is 0 Å². The van der Waals surface area contributed by atoms with E-state index in [0.717, 1.165) is 22.9 Å². The summed E-state index contributed by atoms with van der Waals surface area (Å²) in [6.07, 6.45) is -3.21. The lowest BCUT2D eigenvalue weighted by Crippen LogP contribution is -2.18. The van der Waals surface area contributed by atoms with Gasteiger partial charge in [-0.15, -0.1) is 13.2 Å². The number of benzene rings is 1. The van der Waals surface area contributed by atoms with Gasteiger partial charge >= 0.3 is 6.36 Å². The van der Waals surface area contributed by atoms with E-state index in [1.807, 2.05) is 0 Å². The summed E-state index contributed by atoms with van der Waals surface area (Å²) >= 11 is 0. The van der Waals surface area contributed by atoms with E-state index in [9.17, 15) is 27.5 Å². The van der Waals surface area contributed by atoms with Crippen molar-refractivity contribution in [3.63, 3.8) is 0 Å². The quantitative estimate of drug-likeness (QED) is 0.551. The van der Waals surface area contributed by atoms with Gasteiger partial charge in [-0.25, -0.2) is 14.1 Å². The highest BCUT2D eigenvalue weighted by Crippen LogP contribution is 2.32. The zero-order valence-corrected chi connectivity index (χ0v) is 14.1. The molecule has 0 radical (unpaired) electrons. The highest BCUT2D eigenvalue weighted by Gasteiger charge is 2.32. The van der Waals surface area contributed by atoms with Crippen LogP contribution in [0.25, 0.3) is 16.7 Å². The smallest absolute Gasteiger partial charge is 0.406 e. The molecule has 0 aliphatic heterocycles. The Labute approximate surface area is 150 Å². The van der Waals surface area contributed by atoms with Crippen molar-refractivity contribution in [1.82, 2.24) is 14.8 Å². The molecule has 1 aromatic carbocycles. The molecule has 6 nitrogen and oxygen atoms in total. The van der Waals surface area contributed by atoms with E-state index in [1.54, 1.807) is 0 Å². The zero-order valence-electron chi connectivity index (χ0n) is 14.1. The second-order valence-corrected chi connectivity index (χ2v) is 6.24. The van der Waals surface area contributed by atoms with Crippen LogP contribution in [0.2, 0.25) is 0 Å². The molecule has 0 unspecified atom stereocenters. The van der Waals surface area contributed by atoms with Crippen LogP contribution in [0.5, 0.6) is 5.75 Å². The van der Waals surface area contributed by atoms with E-state index in [4.69, 9.17) is 0 Å². The molecule has 0 fully saturated rings. The van der Waals surface area contributed by atoms with Crippen LogP contribution in [-0.4, -0.2) is 32.5 Å². The van der Waals surface area contributed by atoms with Crippen LogP contribution in [0.1, 0.15) is 29.9 Å². The van der Waals surface area contributed by atoms with Crippen LogP contribution < -0.4 is 4.74 Å². The van der Waals surface area contributed by atoms with Gasteiger partial charge in [-0.05, 0) is 32.0 Å². The fourth-order valence-electron chi connectivity index (χ4n) is 2.55. The second kappa shape index (κ2) is 6.31. The van der Waals surface area contributed by atoms with Crippen molar-refractivity contribution < 1.29 is 32.2 Å². The average molecular weight is 383 g/mol. The SMILES string of the molecule is CC(C)(O)c1nn(-c2cc(OC(F)(F)F)ccc2F)c2ncc(C=O)cc12. The number of rotatable bonds is 4. The first-order valence-electron chi connectivity index (χ1n) is 7.62. The Bertz CT molecular complexity index is 1020. The summed E-state index contributed by atoms with van der Waals surface area (Å²) in [5.41, 5.74) is -1.51. The van der Waals surface area contributed by atoms with Gasteiger partial charge in [0.2, 0.25) is 0 Å². The second-order valence-electron chi connectivity index (χ2n) is 6.24. The number of halogens is 4. The number of aldehydes is 1. The topological polar surface area (TPSA) is 77.2 Å². The number of hydrogen-bond acceptors (Lipinski definition) is 5. The maximum atomic E-state index is 14.3. The van der Waals surface area contributed by atoms with Crippen molar-refractivity contribution in [2.45, 2.75) is 25.8 Å². The van der Waals surface area contributed by atoms with Crippen LogP contribution in [0.4, 0.5) is 17.6 Å². The van der Waals surface area contributed by atoms with Crippen LogP contribution in [0.15, 0.2) is 30.5 Å². The standard InChI is InChI=1S/C17H13F4N3O3/c1-16(2,26)14-11-5-9(8-25)7-22-15(11)24(23-14)13-6-10(3-4-12(13)18)27-17(19,20)21/h3-8,26H,1-2H3. The number of fused-ring (bicyclic) bond motifs is 1. The Kier molecular flexibility index (Phi) is 4.38. The van der Waals surface area contributed by atoms with E-state index >= 15 is 0 Å². The summed E-state index contributed by atoms with van der Waals surface area (Å²) in [5, 5.41) is 14.7. The van der Waals surface area contributed by atoms with Gasteiger partial charge in [0.25, 0.3) is 0 Å². The molecule has 2 aromatic heterocycles. The van der Waals surface area contributed by atoms with E-state index in [1.165, 1.54) is 26.1 Å². The first-order chi connectivity index (χ1) is 12.5. The van der Waals surface area contributed by atoms with Crippen LogP contribution in [0, 0.1) is 5.82 Å². The zero-order chi connectivity index (χ0) is 20.0. The van der Waals surface area contributed by atoms with Crippen molar-refractivity contribution in [1.29, 1.82) is 0 Å². The fourth-order valence-corrected chi connectivity index (χ4v) is 2.55. The van der Waals surface area contributed by atoms with E-state index < -0.39 is 23.5 Å². The Balaban J connectivity index is 2.26. The molecule has 0 saturated heterocycles. The third kappa shape index (κ3) is 3.75. The molecule has 0 amide bonds. The van der Waals surface area contributed by atoms with E-state index in [-0.39, 0.29) is 28.0 Å². The van der Waals surface area contributed by atoms with Crippen molar-refractivity contribution >= 4 is 17.3 Å². The lowest BCUT2D eigenvalue weighted by Gasteiger charge is -2.14. The number of aromatic nitrogens is 3. The average Bonchev–Trinajstić information content (AvgIpc) is 2.94. The number of ether oxygens (including phenoxy) is 1. The predicted molar refractivity (Wildman–Crippen MR) is 86.1 cm³/mol. The van der Waals surface area contributed by atoms with Gasteiger partial charge in [-0.1, -0.05) is 0 Å². The first kappa shape index (κ1) is 18.8. The minimum Gasteiger partial charge on any atom is -0.406 e. The molecular formula is C17H13F4N3O3. The number of hydrogen-bond donors (Lipinski definition) is 1. The van der Waals surface area contributed by atoms with Crippen molar-refractivity contribution in [3.05, 3.63) is 47.5 Å². The van der Waals surface area contributed by atoms with Gasteiger partial charge in [0.1, 0.15) is 28.5 Å². The molecule has 0 spiro atoms. The molecule has 142 valence electrons. The lowest BCUT2D eigenvalue weighted by atomic mass is 10.0. The highest BCUT2D eigenvalue weighted by atomic mass is 19.4. The summed E-state index contributed by atoms with van der Waals surface area (Å²) in [6.45, 7) is 2.85. The van der Waals surface area contributed by atoms with Crippen molar-refractivity contribution in [2.24, 2.45) is 0 Å². The normalized spacial score (nSPS) is 12.4. The fraction of sp³-hybridized carbons (Fsp3) is 0.235. The minimum atomic E-state index is -4.95. The van der Waals surface area contributed by atoms with Gasteiger partial charge in [-0.3, -0.25) is 4.79 Å². The third-order valence-electron chi connectivity index (χ3n) is 3.64. The molecule has 3 aromatic rings. The number of carbonyl (C=O) groups excluding carboxylic acids is 1. The summed E-state index contributed by atoms with van der Waals surface area (Å²) < 4.78 is 56.5. The first-order valence-corrected chi connectivity index (χ1v) is 7.62. The number of alkyl halides is 3. The maximum Gasteiger partial charge on any atom is 0.573 e. The summed E-state index contributed by atoms with van der Waals surface area (Å²) in [7, 11) is 0. The Morgan fingerprint density at radius 2 is 1.93 bits per heavy atom. The molecule has 10 heteroatoms. The number of pyridine rings is 1. The number of nitrogens with zero attached hydrogens (tertiary/aromatic N) is 3. The van der Waals surface area contributed by atoms with Gasteiger partial charge in [0, 0.05) is 23.2 Å². The highest BCUT2D eigenvalue weighted by molar-refractivity contribution is 5.87. The molecule has 0 aliphatic rings. The van der Waals surface area contributed by atoms with Crippen LogP contribution in [-0.2, 0) is 5.60 Å². The predicted octanol–water partition coefficient (Wildman–Crippen LogP) is 3.50. The Morgan fingerprint density at radius 3 is 2.52 bits per heavy atom. The van der Waals surface area contributed by atoms with E-state index in [2.05, 4.69) is 14.8 Å². The minimum absolute atomic E-state index is 0.0563. The maximum absolute atomic E-state index is 14.3. The molecule has 0 bridgehead atoms. The Morgan fingerprint density at radius 1 is 1.22 bits per heavy atom. The lowest BCUT2D eigenvalue weighted by molar-refractivity contribution is -0.274. The third-order valence-corrected chi connectivity index (χ3v) is 3.64. The van der Waals surface area contributed by atoms with Gasteiger partial charge in [0.05, 0.1) is 0 Å². The molecule has 27 heavy (non-hydrogen) atoms. The largest absolute Gasteiger partial charge is 0.573 e. The van der Waals surface area contributed by atoms with Gasteiger partial charge < -0.3 is 9.84 Å². The van der Waals surface area contributed by atoms with Crippen LogP contribution >= 0.6 is 0 Å². The monoisotopic (exact) mass is 383 g/mol. The summed E-state index contributed by atoms with van der Waals surface area (Å²) in [5.74, 6) is -1.52. The van der Waals surface area contributed by atoms with E-state index in [0.29, 0.717) is 6.29 Å². The molecule has 2 heterocycles. The molecule has 3 rings (SSSR count). The van der Waals surface area contributed by atoms with Crippen molar-refractivity contribution in [3.8, 4) is 11.4 Å². The summed E-state index contributed by atoms with van der Waals surface area (Å²) in [4.78, 5) is 15.0. The van der Waals surface area contributed by atoms with Gasteiger partial charge in [-0.2, -0.15) is 5.10 Å². The molecule has 0 aliphatic carbocycles. The Hall–Kier alpha value is -3.01.